The second-order valence-corrected chi connectivity index (χ2v) is 5.22. The topological polar surface area (TPSA) is 21.3 Å². The highest BCUT2D eigenvalue weighted by molar-refractivity contribution is 5.24. The minimum absolute atomic E-state index is 0.00488. The van der Waals surface area contributed by atoms with Gasteiger partial charge in [-0.1, -0.05) is 6.58 Å². The van der Waals surface area contributed by atoms with E-state index in [0.29, 0.717) is 12.3 Å². The van der Waals surface area contributed by atoms with E-state index in [4.69, 9.17) is 4.74 Å². The monoisotopic (exact) mass is 255 g/mol. The molecule has 0 aliphatic rings. The van der Waals surface area contributed by atoms with Gasteiger partial charge in [-0.3, -0.25) is 0 Å². The standard InChI is InChI=1S/C14H19F2NO/c1-10(8-17-14(2,3)4)9-18-11-5-6-12(15)13(16)7-11/h5-7,17H,1,8-9H2,2-4H3. The minimum Gasteiger partial charge on any atom is -0.489 e. The quantitative estimate of drug-likeness (QED) is 0.815. The summed E-state index contributed by atoms with van der Waals surface area (Å²) in [6.45, 7) is 10.9. The number of ether oxygens (including phenoxy) is 1. The first kappa shape index (κ1) is 14.6. The molecule has 0 bridgehead atoms. The number of rotatable bonds is 5. The van der Waals surface area contributed by atoms with E-state index in [1.807, 2.05) is 0 Å². The smallest absolute Gasteiger partial charge is 0.162 e. The van der Waals surface area contributed by atoms with Crippen LogP contribution in [-0.4, -0.2) is 18.7 Å². The minimum atomic E-state index is -0.911. The van der Waals surface area contributed by atoms with E-state index in [-0.39, 0.29) is 12.1 Å². The third kappa shape index (κ3) is 5.27. The van der Waals surface area contributed by atoms with E-state index in [2.05, 4.69) is 32.7 Å². The zero-order valence-corrected chi connectivity index (χ0v) is 11.0. The molecule has 1 aromatic rings. The van der Waals surface area contributed by atoms with Crippen LogP contribution in [0.1, 0.15) is 20.8 Å². The van der Waals surface area contributed by atoms with Crippen molar-refractivity contribution in [3.05, 3.63) is 42.0 Å². The van der Waals surface area contributed by atoms with Crippen molar-refractivity contribution >= 4 is 0 Å². The maximum atomic E-state index is 12.9. The average molecular weight is 255 g/mol. The average Bonchev–Trinajstić information content (AvgIpc) is 2.27. The van der Waals surface area contributed by atoms with Gasteiger partial charge in [-0.15, -0.1) is 0 Å². The second kappa shape index (κ2) is 5.96. The summed E-state index contributed by atoms with van der Waals surface area (Å²) in [6, 6.07) is 3.46. The third-order valence-corrected chi connectivity index (χ3v) is 2.20. The number of nitrogens with one attached hydrogen (secondary N) is 1. The molecule has 0 fully saturated rings. The molecule has 0 saturated carbocycles. The van der Waals surface area contributed by atoms with Crippen molar-refractivity contribution in [3.8, 4) is 5.75 Å². The molecule has 2 nitrogen and oxygen atoms in total. The highest BCUT2D eigenvalue weighted by Gasteiger charge is 2.09. The summed E-state index contributed by atoms with van der Waals surface area (Å²) in [5, 5.41) is 3.26. The molecule has 0 aliphatic heterocycles. The van der Waals surface area contributed by atoms with Gasteiger partial charge in [0.1, 0.15) is 12.4 Å². The molecule has 18 heavy (non-hydrogen) atoms. The first-order valence-electron chi connectivity index (χ1n) is 5.77. The van der Waals surface area contributed by atoms with Gasteiger partial charge in [0.15, 0.2) is 11.6 Å². The Hall–Kier alpha value is -1.42. The summed E-state index contributed by atoms with van der Waals surface area (Å²) in [6.07, 6.45) is 0. The Bertz CT molecular complexity index is 424. The van der Waals surface area contributed by atoms with Gasteiger partial charge in [0, 0.05) is 18.2 Å². The van der Waals surface area contributed by atoms with Crippen LogP contribution in [0.5, 0.6) is 5.75 Å². The zero-order chi connectivity index (χ0) is 13.8. The number of benzene rings is 1. The lowest BCUT2D eigenvalue weighted by molar-refractivity contribution is 0.338. The SMILES string of the molecule is C=C(CNC(C)(C)C)COc1ccc(F)c(F)c1. The molecule has 0 saturated heterocycles. The molecule has 0 unspecified atom stereocenters. The van der Waals surface area contributed by atoms with E-state index in [9.17, 15) is 8.78 Å². The van der Waals surface area contributed by atoms with Crippen LogP contribution in [0.4, 0.5) is 8.78 Å². The van der Waals surface area contributed by atoms with Crippen LogP contribution in [0.2, 0.25) is 0 Å². The van der Waals surface area contributed by atoms with Crippen LogP contribution in [0.3, 0.4) is 0 Å². The zero-order valence-electron chi connectivity index (χ0n) is 11.0. The van der Waals surface area contributed by atoms with Gasteiger partial charge in [-0.25, -0.2) is 8.78 Å². The van der Waals surface area contributed by atoms with Crippen molar-refractivity contribution in [1.82, 2.24) is 5.32 Å². The largest absolute Gasteiger partial charge is 0.489 e. The van der Waals surface area contributed by atoms with Gasteiger partial charge in [0.2, 0.25) is 0 Å². The van der Waals surface area contributed by atoms with Crippen LogP contribution in [0, 0.1) is 11.6 Å². The van der Waals surface area contributed by atoms with E-state index >= 15 is 0 Å². The molecule has 0 aliphatic carbocycles. The van der Waals surface area contributed by atoms with Crippen molar-refractivity contribution in [1.29, 1.82) is 0 Å². The lowest BCUT2D eigenvalue weighted by Crippen LogP contribution is -2.37. The summed E-state index contributed by atoms with van der Waals surface area (Å²) in [7, 11) is 0. The predicted octanol–water partition coefficient (Wildman–Crippen LogP) is 3.29. The van der Waals surface area contributed by atoms with Crippen LogP contribution >= 0.6 is 0 Å². The number of hydrogen-bond acceptors (Lipinski definition) is 2. The molecule has 0 aromatic heterocycles. The highest BCUT2D eigenvalue weighted by atomic mass is 19.2. The molecular formula is C14H19F2NO. The van der Waals surface area contributed by atoms with Gasteiger partial charge in [-0.05, 0) is 38.5 Å². The van der Waals surface area contributed by atoms with Gasteiger partial charge >= 0.3 is 0 Å². The van der Waals surface area contributed by atoms with Gasteiger partial charge in [-0.2, -0.15) is 0 Å². The summed E-state index contributed by atoms with van der Waals surface area (Å²) in [5.41, 5.74) is 0.847. The normalized spacial score (nSPS) is 11.4. The van der Waals surface area contributed by atoms with E-state index < -0.39 is 11.6 Å². The highest BCUT2D eigenvalue weighted by Crippen LogP contribution is 2.15. The lowest BCUT2D eigenvalue weighted by atomic mass is 10.1. The Morgan fingerprint density at radius 2 is 1.94 bits per heavy atom. The Morgan fingerprint density at radius 1 is 1.28 bits per heavy atom. The molecular weight excluding hydrogens is 236 g/mol. The second-order valence-electron chi connectivity index (χ2n) is 5.22. The van der Waals surface area contributed by atoms with Crippen LogP contribution < -0.4 is 10.1 Å². The maximum absolute atomic E-state index is 12.9. The molecule has 100 valence electrons. The maximum Gasteiger partial charge on any atom is 0.162 e. The van der Waals surface area contributed by atoms with Crippen LogP contribution in [0.25, 0.3) is 0 Å². The van der Waals surface area contributed by atoms with Crippen molar-refractivity contribution in [3.63, 3.8) is 0 Å². The molecule has 0 heterocycles. The molecule has 0 atom stereocenters. The molecule has 0 spiro atoms. The first-order chi connectivity index (χ1) is 8.28. The van der Waals surface area contributed by atoms with E-state index in [0.717, 1.165) is 17.7 Å². The van der Waals surface area contributed by atoms with Gasteiger partial charge < -0.3 is 10.1 Å². The van der Waals surface area contributed by atoms with Crippen LogP contribution in [-0.2, 0) is 0 Å². The van der Waals surface area contributed by atoms with E-state index in [1.54, 1.807) is 0 Å². The van der Waals surface area contributed by atoms with Crippen molar-refractivity contribution < 1.29 is 13.5 Å². The van der Waals surface area contributed by atoms with Crippen molar-refractivity contribution in [2.24, 2.45) is 0 Å². The first-order valence-corrected chi connectivity index (χ1v) is 5.77. The van der Waals surface area contributed by atoms with Crippen molar-refractivity contribution in [2.75, 3.05) is 13.2 Å². The molecule has 4 heteroatoms. The number of halogens is 2. The van der Waals surface area contributed by atoms with E-state index in [1.165, 1.54) is 6.07 Å². The Kier molecular flexibility index (Phi) is 4.84. The van der Waals surface area contributed by atoms with Gasteiger partial charge in [0.25, 0.3) is 0 Å². The Labute approximate surface area is 107 Å². The fraction of sp³-hybridized carbons (Fsp3) is 0.429. The van der Waals surface area contributed by atoms with Gasteiger partial charge in [0.05, 0.1) is 0 Å². The fourth-order valence-corrected chi connectivity index (χ4v) is 1.19. The summed E-state index contributed by atoms with van der Waals surface area (Å²) < 4.78 is 30.9. The predicted molar refractivity (Wildman–Crippen MR) is 68.7 cm³/mol. The summed E-state index contributed by atoms with van der Waals surface area (Å²) in [5.74, 6) is -1.49. The summed E-state index contributed by atoms with van der Waals surface area (Å²) in [4.78, 5) is 0. The molecule has 1 aromatic carbocycles. The third-order valence-electron chi connectivity index (χ3n) is 2.20. The van der Waals surface area contributed by atoms with Crippen molar-refractivity contribution in [2.45, 2.75) is 26.3 Å². The van der Waals surface area contributed by atoms with Crippen LogP contribution in [0.15, 0.2) is 30.4 Å². The number of hydrogen-bond donors (Lipinski definition) is 1. The fourth-order valence-electron chi connectivity index (χ4n) is 1.19. The summed E-state index contributed by atoms with van der Waals surface area (Å²) >= 11 is 0. The Morgan fingerprint density at radius 3 is 2.50 bits per heavy atom. The molecule has 0 radical (unpaired) electrons. The molecule has 1 rings (SSSR count). The molecule has 1 N–H and O–H groups in total. The Balaban J connectivity index is 2.40. The molecule has 0 amide bonds. The lowest BCUT2D eigenvalue weighted by Gasteiger charge is -2.21.